The minimum absolute atomic E-state index is 0.126. The topological polar surface area (TPSA) is 89.2 Å². The van der Waals surface area contributed by atoms with Crippen molar-refractivity contribution >= 4 is 23.4 Å². The third kappa shape index (κ3) is 4.77. The molecule has 3 aromatic rings. The minimum Gasteiger partial charge on any atom is -0.459 e. The molecular formula is C19H19ClN4O3. The molecular weight excluding hydrogens is 368 g/mol. The van der Waals surface area contributed by atoms with E-state index in [9.17, 15) is 9.59 Å². The van der Waals surface area contributed by atoms with Gasteiger partial charge in [-0.2, -0.15) is 0 Å². The van der Waals surface area contributed by atoms with Gasteiger partial charge in [0.05, 0.1) is 6.26 Å². The van der Waals surface area contributed by atoms with E-state index in [1.807, 2.05) is 29.9 Å². The SMILES string of the molecule is Cn1ccnc1[C@@H](NC(=O)CCNC(=O)c1ccco1)c1ccc(Cl)cc1. The van der Waals surface area contributed by atoms with Gasteiger partial charge >= 0.3 is 0 Å². The lowest BCUT2D eigenvalue weighted by atomic mass is 10.1. The van der Waals surface area contributed by atoms with E-state index in [-0.39, 0.29) is 30.5 Å². The van der Waals surface area contributed by atoms with Crippen LogP contribution in [0.3, 0.4) is 0 Å². The molecule has 0 aliphatic rings. The first-order valence-electron chi connectivity index (χ1n) is 8.38. The molecule has 0 bridgehead atoms. The lowest BCUT2D eigenvalue weighted by Gasteiger charge is -2.19. The van der Waals surface area contributed by atoms with Gasteiger partial charge < -0.3 is 19.6 Å². The van der Waals surface area contributed by atoms with Gasteiger partial charge in [-0.15, -0.1) is 0 Å². The zero-order valence-electron chi connectivity index (χ0n) is 14.7. The highest BCUT2D eigenvalue weighted by Crippen LogP contribution is 2.22. The Balaban J connectivity index is 1.63. The van der Waals surface area contributed by atoms with Crippen molar-refractivity contribution in [2.24, 2.45) is 7.05 Å². The van der Waals surface area contributed by atoms with Gasteiger partial charge in [0.15, 0.2) is 5.76 Å². The zero-order chi connectivity index (χ0) is 19.2. The molecule has 0 radical (unpaired) electrons. The Labute approximate surface area is 161 Å². The first-order chi connectivity index (χ1) is 13.0. The fourth-order valence-electron chi connectivity index (χ4n) is 2.63. The van der Waals surface area contributed by atoms with Crippen molar-refractivity contribution in [2.45, 2.75) is 12.5 Å². The monoisotopic (exact) mass is 386 g/mol. The molecule has 0 saturated carbocycles. The van der Waals surface area contributed by atoms with E-state index in [0.29, 0.717) is 10.8 Å². The number of carbonyl (C=O) groups excluding carboxylic acids is 2. The summed E-state index contributed by atoms with van der Waals surface area (Å²) in [4.78, 5) is 28.6. The van der Waals surface area contributed by atoms with Crippen LogP contribution in [0.2, 0.25) is 5.02 Å². The van der Waals surface area contributed by atoms with Gasteiger partial charge in [0, 0.05) is 37.4 Å². The third-order valence-electron chi connectivity index (χ3n) is 4.01. The molecule has 0 aliphatic heterocycles. The van der Waals surface area contributed by atoms with Crippen LogP contribution in [0.1, 0.15) is 34.4 Å². The van der Waals surface area contributed by atoms with Crippen molar-refractivity contribution in [3.63, 3.8) is 0 Å². The molecule has 0 aliphatic carbocycles. The van der Waals surface area contributed by atoms with Crippen LogP contribution >= 0.6 is 11.6 Å². The number of hydrogen-bond acceptors (Lipinski definition) is 4. The number of benzene rings is 1. The van der Waals surface area contributed by atoms with E-state index in [1.54, 1.807) is 30.5 Å². The number of nitrogens with one attached hydrogen (secondary N) is 2. The predicted octanol–water partition coefficient (Wildman–Crippen LogP) is 2.69. The molecule has 1 aromatic carbocycles. The smallest absolute Gasteiger partial charge is 0.286 e. The number of hydrogen-bond donors (Lipinski definition) is 2. The normalized spacial score (nSPS) is 11.8. The Hall–Kier alpha value is -3.06. The first-order valence-corrected chi connectivity index (χ1v) is 8.76. The highest BCUT2D eigenvalue weighted by atomic mass is 35.5. The molecule has 1 atom stereocenters. The van der Waals surface area contributed by atoms with Gasteiger partial charge in [-0.25, -0.2) is 4.98 Å². The Bertz CT molecular complexity index is 903. The fraction of sp³-hybridized carbons (Fsp3) is 0.211. The summed E-state index contributed by atoms with van der Waals surface area (Å²) in [5.74, 6) is 0.344. The van der Waals surface area contributed by atoms with Gasteiger partial charge in [-0.05, 0) is 29.8 Å². The van der Waals surface area contributed by atoms with Crippen molar-refractivity contribution in [3.05, 3.63) is 77.2 Å². The van der Waals surface area contributed by atoms with Crippen LogP contribution < -0.4 is 10.6 Å². The lowest BCUT2D eigenvalue weighted by molar-refractivity contribution is -0.121. The quantitative estimate of drug-likeness (QED) is 0.653. The summed E-state index contributed by atoms with van der Waals surface area (Å²) in [5.41, 5.74) is 0.863. The number of nitrogens with zero attached hydrogens (tertiary/aromatic N) is 2. The molecule has 27 heavy (non-hydrogen) atoms. The van der Waals surface area contributed by atoms with Crippen LogP contribution in [0.5, 0.6) is 0 Å². The van der Waals surface area contributed by atoms with Crippen LogP contribution in [-0.4, -0.2) is 27.9 Å². The van der Waals surface area contributed by atoms with Crippen LogP contribution in [0.15, 0.2) is 59.5 Å². The fourth-order valence-corrected chi connectivity index (χ4v) is 2.75. The number of aryl methyl sites for hydroxylation is 1. The maximum Gasteiger partial charge on any atom is 0.286 e. The molecule has 7 nitrogen and oxygen atoms in total. The molecule has 2 aromatic heterocycles. The van der Waals surface area contributed by atoms with Gasteiger partial charge in [0.2, 0.25) is 5.91 Å². The summed E-state index contributed by atoms with van der Waals surface area (Å²) in [7, 11) is 1.86. The number of rotatable bonds is 7. The van der Waals surface area contributed by atoms with Crippen molar-refractivity contribution in [2.75, 3.05) is 6.54 Å². The number of imidazole rings is 1. The number of amides is 2. The molecule has 0 saturated heterocycles. The predicted molar refractivity (Wildman–Crippen MR) is 100 cm³/mol. The molecule has 2 heterocycles. The number of aromatic nitrogens is 2. The molecule has 2 amide bonds. The van der Waals surface area contributed by atoms with Crippen molar-refractivity contribution in [1.82, 2.24) is 20.2 Å². The van der Waals surface area contributed by atoms with E-state index >= 15 is 0 Å². The Morgan fingerprint density at radius 1 is 1.26 bits per heavy atom. The third-order valence-corrected chi connectivity index (χ3v) is 4.26. The molecule has 0 spiro atoms. The molecule has 2 N–H and O–H groups in total. The van der Waals surface area contributed by atoms with Crippen molar-refractivity contribution < 1.29 is 14.0 Å². The Morgan fingerprint density at radius 2 is 2.04 bits per heavy atom. The van der Waals surface area contributed by atoms with Crippen LogP contribution in [-0.2, 0) is 11.8 Å². The van der Waals surface area contributed by atoms with Crippen molar-refractivity contribution in [3.8, 4) is 0 Å². The van der Waals surface area contributed by atoms with E-state index in [4.69, 9.17) is 16.0 Å². The van der Waals surface area contributed by atoms with E-state index in [1.165, 1.54) is 6.26 Å². The average molecular weight is 387 g/mol. The minimum atomic E-state index is -0.421. The summed E-state index contributed by atoms with van der Waals surface area (Å²) >= 11 is 5.96. The number of halogens is 1. The highest BCUT2D eigenvalue weighted by molar-refractivity contribution is 6.30. The summed E-state index contributed by atoms with van der Waals surface area (Å²) in [6.45, 7) is 0.194. The summed E-state index contributed by atoms with van der Waals surface area (Å²) in [5, 5.41) is 6.23. The molecule has 3 rings (SSSR count). The van der Waals surface area contributed by atoms with E-state index in [0.717, 1.165) is 5.56 Å². The molecule has 0 unspecified atom stereocenters. The Kier molecular flexibility index (Phi) is 5.93. The lowest BCUT2D eigenvalue weighted by Crippen LogP contribution is -2.34. The summed E-state index contributed by atoms with van der Waals surface area (Å²) < 4.78 is 6.86. The van der Waals surface area contributed by atoms with Gasteiger partial charge in [-0.3, -0.25) is 9.59 Å². The molecule has 8 heteroatoms. The number of furan rings is 1. The van der Waals surface area contributed by atoms with Gasteiger partial charge in [0.1, 0.15) is 11.9 Å². The van der Waals surface area contributed by atoms with Gasteiger partial charge in [0.25, 0.3) is 5.91 Å². The number of carbonyl (C=O) groups is 2. The van der Waals surface area contributed by atoms with Crippen LogP contribution in [0.25, 0.3) is 0 Å². The second-order valence-electron chi connectivity index (χ2n) is 5.93. The first kappa shape index (κ1) is 18.7. The second kappa shape index (κ2) is 8.55. The van der Waals surface area contributed by atoms with Crippen LogP contribution in [0.4, 0.5) is 0 Å². The van der Waals surface area contributed by atoms with Crippen molar-refractivity contribution in [1.29, 1.82) is 0 Å². The average Bonchev–Trinajstić information content (AvgIpc) is 3.32. The molecule has 140 valence electrons. The van der Waals surface area contributed by atoms with E-state index < -0.39 is 6.04 Å². The maximum atomic E-state index is 12.4. The maximum absolute atomic E-state index is 12.4. The summed E-state index contributed by atoms with van der Waals surface area (Å²) in [6, 6.07) is 10.0. The Morgan fingerprint density at radius 3 is 2.67 bits per heavy atom. The van der Waals surface area contributed by atoms with E-state index in [2.05, 4.69) is 15.6 Å². The standard InChI is InChI=1S/C19H19ClN4O3/c1-24-11-10-21-18(24)17(13-4-6-14(20)7-5-13)23-16(25)8-9-22-19(26)15-3-2-12-27-15/h2-7,10-12,17H,8-9H2,1H3,(H,22,26)(H,23,25)/t17-/m0/s1. The molecule has 0 fully saturated rings. The van der Waals surface area contributed by atoms with Gasteiger partial charge in [-0.1, -0.05) is 23.7 Å². The summed E-state index contributed by atoms with van der Waals surface area (Å²) in [6.07, 6.45) is 5.04. The zero-order valence-corrected chi connectivity index (χ0v) is 15.4. The second-order valence-corrected chi connectivity index (χ2v) is 6.37. The van der Waals surface area contributed by atoms with Crippen LogP contribution in [0, 0.1) is 0 Å². The largest absolute Gasteiger partial charge is 0.459 e. The highest BCUT2D eigenvalue weighted by Gasteiger charge is 2.20.